The third-order valence-electron chi connectivity index (χ3n) is 6.71. The van der Waals surface area contributed by atoms with Gasteiger partial charge in [-0.15, -0.1) is 0 Å². The zero-order chi connectivity index (χ0) is 24.5. The van der Waals surface area contributed by atoms with Crippen molar-refractivity contribution in [3.05, 3.63) is 59.9 Å². The summed E-state index contributed by atoms with van der Waals surface area (Å²) in [6.45, 7) is 3.75. The number of benzene rings is 2. The molecular formula is C25H27FN4O5. The van der Waals surface area contributed by atoms with Gasteiger partial charge >= 0.3 is 12.2 Å². The van der Waals surface area contributed by atoms with Crippen molar-refractivity contribution >= 4 is 29.5 Å². The average molecular weight is 483 g/mol. The van der Waals surface area contributed by atoms with Gasteiger partial charge in [0.1, 0.15) is 18.5 Å². The highest BCUT2D eigenvalue weighted by Crippen LogP contribution is 2.39. The predicted molar refractivity (Wildman–Crippen MR) is 126 cm³/mol. The van der Waals surface area contributed by atoms with E-state index in [1.807, 2.05) is 35.2 Å². The molecule has 0 unspecified atom stereocenters. The Morgan fingerprint density at radius 1 is 1.11 bits per heavy atom. The number of cyclic esters (lactones) is 1. The molecule has 1 N–H and O–H groups in total. The van der Waals surface area contributed by atoms with E-state index in [-0.39, 0.29) is 43.7 Å². The van der Waals surface area contributed by atoms with Crippen LogP contribution in [0.15, 0.2) is 48.5 Å². The van der Waals surface area contributed by atoms with Crippen LogP contribution in [0.5, 0.6) is 0 Å². The Kier molecular flexibility index (Phi) is 6.19. The molecule has 3 aliphatic rings. The lowest BCUT2D eigenvalue weighted by atomic mass is 9.91. The monoisotopic (exact) mass is 482 g/mol. The maximum atomic E-state index is 15.1. The van der Waals surface area contributed by atoms with E-state index < -0.39 is 18.0 Å². The first kappa shape index (κ1) is 22.9. The van der Waals surface area contributed by atoms with Crippen LogP contribution in [0.2, 0.25) is 0 Å². The molecule has 0 spiro atoms. The van der Waals surface area contributed by atoms with Gasteiger partial charge in [-0.3, -0.25) is 9.69 Å². The van der Waals surface area contributed by atoms with Crippen molar-refractivity contribution in [2.24, 2.45) is 5.92 Å². The van der Waals surface area contributed by atoms with E-state index in [2.05, 4.69) is 5.32 Å². The summed E-state index contributed by atoms with van der Waals surface area (Å²) < 4.78 is 25.8. The standard InChI is InChI=1S/C25H27FN4O5/c1-16(31)27-10-20-13-29(25(33)35-20)19-7-8-22(21(26)9-19)30-12-18-11-28(14-23(18)30)24(32)34-15-17-5-3-2-4-6-17/h2-9,18,20,23H,10-15H2,1H3,(H,27,31)/t18-,20+,23-/m1/s1. The molecule has 5 rings (SSSR count). The Bertz CT molecular complexity index is 1130. The van der Waals surface area contributed by atoms with Crippen LogP contribution in [-0.2, 0) is 20.9 Å². The third-order valence-corrected chi connectivity index (χ3v) is 6.71. The Labute approximate surface area is 202 Å². The van der Waals surface area contributed by atoms with Gasteiger partial charge in [0, 0.05) is 32.5 Å². The largest absolute Gasteiger partial charge is 0.445 e. The smallest absolute Gasteiger partial charge is 0.414 e. The van der Waals surface area contributed by atoms with Crippen LogP contribution in [0.1, 0.15) is 12.5 Å². The van der Waals surface area contributed by atoms with Crippen LogP contribution in [0.4, 0.5) is 25.4 Å². The second-order valence-corrected chi connectivity index (χ2v) is 9.11. The number of nitrogens with zero attached hydrogens (tertiary/aromatic N) is 3. The number of anilines is 2. The minimum absolute atomic E-state index is 0.0263. The van der Waals surface area contributed by atoms with Gasteiger partial charge in [0.15, 0.2) is 0 Å². The van der Waals surface area contributed by atoms with Crippen LogP contribution in [0.25, 0.3) is 0 Å². The molecule has 0 bridgehead atoms. The zero-order valence-electron chi connectivity index (χ0n) is 19.4. The summed E-state index contributed by atoms with van der Waals surface area (Å²) in [4.78, 5) is 40.8. The normalized spacial score (nSPS) is 23.0. The fraction of sp³-hybridized carbons (Fsp3) is 0.400. The summed E-state index contributed by atoms with van der Waals surface area (Å²) in [5.74, 6) is -0.386. The number of ether oxygens (including phenoxy) is 2. The lowest BCUT2D eigenvalue weighted by molar-refractivity contribution is -0.119. The summed E-state index contributed by atoms with van der Waals surface area (Å²) in [6, 6.07) is 14.2. The van der Waals surface area contributed by atoms with E-state index in [1.165, 1.54) is 17.9 Å². The molecule has 0 radical (unpaired) electrons. The molecule has 3 aliphatic heterocycles. The zero-order valence-corrected chi connectivity index (χ0v) is 19.4. The number of amides is 3. The van der Waals surface area contributed by atoms with Crippen molar-refractivity contribution in [2.75, 3.05) is 42.5 Å². The van der Waals surface area contributed by atoms with Crippen LogP contribution in [-0.4, -0.2) is 67.9 Å². The highest BCUT2D eigenvalue weighted by molar-refractivity contribution is 5.90. The number of carbonyl (C=O) groups is 3. The predicted octanol–water partition coefficient (Wildman–Crippen LogP) is 2.74. The minimum Gasteiger partial charge on any atom is -0.445 e. The van der Waals surface area contributed by atoms with Gasteiger partial charge in [0.05, 0.1) is 30.5 Å². The Morgan fingerprint density at radius 2 is 1.91 bits per heavy atom. The molecule has 3 fully saturated rings. The first-order valence-electron chi connectivity index (χ1n) is 11.6. The molecule has 0 aromatic heterocycles. The highest BCUT2D eigenvalue weighted by atomic mass is 19.1. The average Bonchev–Trinajstić information content (AvgIpc) is 3.38. The first-order valence-corrected chi connectivity index (χ1v) is 11.6. The van der Waals surface area contributed by atoms with Crippen molar-refractivity contribution in [3.63, 3.8) is 0 Å². The second-order valence-electron chi connectivity index (χ2n) is 9.11. The van der Waals surface area contributed by atoms with E-state index in [0.717, 1.165) is 5.56 Å². The van der Waals surface area contributed by atoms with E-state index in [4.69, 9.17) is 9.47 Å². The molecule has 2 aromatic rings. The number of nitrogens with one attached hydrogen (secondary N) is 1. The minimum atomic E-state index is -0.572. The number of halogens is 1. The van der Waals surface area contributed by atoms with Gasteiger partial charge in [-0.05, 0) is 23.8 Å². The maximum absolute atomic E-state index is 15.1. The Hall–Kier alpha value is -3.82. The van der Waals surface area contributed by atoms with Gasteiger partial charge in [-0.25, -0.2) is 14.0 Å². The van der Waals surface area contributed by atoms with Crippen molar-refractivity contribution < 1.29 is 28.2 Å². The summed E-state index contributed by atoms with van der Waals surface area (Å²) in [5, 5.41) is 2.62. The quantitative estimate of drug-likeness (QED) is 0.681. The van der Waals surface area contributed by atoms with E-state index in [0.29, 0.717) is 31.0 Å². The molecule has 2 aromatic carbocycles. The van der Waals surface area contributed by atoms with E-state index in [1.54, 1.807) is 17.0 Å². The Morgan fingerprint density at radius 3 is 2.66 bits per heavy atom. The van der Waals surface area contributed by atoms with Gasteiger partial charge < -0.3 is 24.6 Å². The van der Waals surface area contributed by atoms with Crippen molar-refractivity contribution in [3.8, 4) is 0 Å². The summed E-state index contributed by atoms with van der Waals surface area (Å²) in [5.41, 5.74) is 1.77. The number of fused-ring (bicyclic) bond motifs is 1. The molecule has 3 heterocycles. The number of carbonyl (C=O) groups excluding carboxylic acids is 3. The summed E-state index contributed by atoms with van der Waals surface area (Å²) in [6.07, 6.45) is -1.42. The van der Waals surface area contributed by atoms with Crippen molar-refractivity contribution in [2.45, 2.75) is 25.7 Å². The topological polar surface area (TPSA) is 91.4 Å². The molecule has 10 heteroatoms. The fourth-order valence-corrected chi connectivity index (χ4v) is 4.87. The second kappa shape index (κ2) is 9.44. The Balaban J connectivity index is 1.18. The van der Waals surface area contributed by atoms with Gasteiger partial charge in [0.2, 0.25) is 5.91 Å². The van der Waals surface area contributed by atoms with Crippen LogP contribution >= 0.6 is 0 Å². The third kappa shape index (κ3) is 4.73. The molecule has 35 heavy (non-hydrogen) atoms. The SMILES string of the molecule is CC(=O)NC[C@H]1CN(c2ccc(N3C[C@H]4CN(C(=O)OCc5ccccc5)C[C@H]43)c(F)c2)C(=O)O1. The van der Waals surface area contributed by atoms with Crippen LogP contribution in [0.3, 0.4) is 0 Å². The molecule has 3 atom stereocenters. The summed E-state index contributed by atoms with van der Waals surface area (Å²) in [7, 11) is 0. The molecule has 3 saturated heterocycles. The first-order chi connectivity index (χ1) is 16.9. The molecule has 0 saturated carbocycles. The number of hydrogen-bond acceptors (Lipinski definition) is 6. The molecular weight excluding hydrogens is 455 g/mol. The number of likely N-dealkylation sites (tertiary alicyclic amines) is 1. The van der Waals surface area contributed by atoms with E-state index >= 15 is 4.39 Å². The van der Waals surface area contributed by atoms with Crippen molar-refractivity contribution in [1.29, 1.82) is 0 Å². The van der Waals surface area contributed by atoms with Crippen molar-refractivity contribution in [1.82, 2.24) is 10.2 Å². The van der Waals surface area contributed by atoms with Gasteiger partial charge in [-0.1, -0.05) is 30.3 Å². The summed E-state index contributed by atoms with van der Waals surface area (Å²) >= 11 is 0. The van der Waals surface area contributed by atoms with Crippen LogP contribution in [0, 0.1) is 11.7 Å². The number of rotatable bonds is 6. The highest BCUT2D eigenvalue weighted by Gasteiger charge is 2.48. The lowest BCUT2D eigenvalue weighted by Crippen LogP contribution is -2.56. The van der Waals surface area contributed by atoms with Gasteiger partial charge in [0.25, 0.3) is 0 Å². The molecule has 9 nitrogen and oxygen atoms in total. The van der Waals surface area contributed by atoms with E-state index in [9.17, 15) is 14.4 Å². The number of hydrogen-bond donors (Lipinski definition) is 1. The van der Waals surface area contributed by atoms with Crippen LogP contribution < -0.4 is 15.1 Å². The fourth-order valence-electron chi connectivity index (χ4n) is 4.87. The lowest BCUT2D eigenvalue weighted by Gasteiger charge is -2.45. The molecule has 0 aliphatic carbocycles. The maximum Gasteiger partial charge on any atom is 0.414 e. The molecule has 3 amide bonds. The van der Waals surface area contributed by atoms with Gasteiger partial charge in [-0.2, -0.15) is 0 Å². The molecule has 184 valence electrons.